The quantitative estimate of drug-likeness (QED) is 0.0211. The van der Waals surface area contributed by atoms with Crippen LogP contribution in [0.5, 0.6) is 0 Å². The Morgan fingerprint density at radius 1 is 0.365 bits per heavy atom. The summed E-state index contributed by atoms with van der Waals surface area (Å²) >= 11 is 0. The maximum absolute atomic E-state index is 12.9. The molecule has 0 heterocycles. The van der Waals surface area contributed by atoms with Gasteiger partial charge in [0, 0.05) is 12.8 Å². The number of aliphatic carboxylic acids is 1. The fourth-order valence-electron chi connectivity index (χ4n) is 10.5. The van der Waals surface area contributed by atoms with E-state index in [1.54, 1.807) is 0 Å². The van der Waals surface area contributed by atoms with Crippen LogP contribution in [-0.4, -0.2) is 87.4 Å². The maximum Gasteiger partial charge on any atom is 0.361 e. The number of carbonyl (C=O) groups excluding carboxylic acids is 2. The minimum absolute atomic E-state index is 0.177. The summed E-state index contributed by atoms with van der Waals surface area (Å²) < 4.78 is 23.0. The number of allylic oxidation sites excluding steroid dienone is 12. The average molecular weight is 1190 g/mol. The van der Waals surface area contributed by atoms with Crippen molar-refractivity contribution < 1.29 is 42.9 Å². The number of hydrogen-bond donors (Lipinski definition) is 1. The predicted octanol–water partition coefficient (Wildman–Crippen LogP) is 22.5. The summed E-state index contributed by atoms with van der Waals surface area (Å²) in [5.74, 6) is -1.98. The number of carboxylic acids is 1. The van der Waals surface area contributed by atoms with Crippen molar-refractivity contribution in [2.24, 2.45) is 0 Å². The average Bonchev–Trinajstić information content (AvgIpc) is 3.49. The van der Waals surface area contributed by atoms with Gasteiger partial charge in [0.2, 0.25) is 0 Å². The molecular weight excluding hydrogens is 1050 g/mol. The van der Waals surface area contributed by atoms with E-state index in [0.717, 1.165) is 77.0 Å². The van der Waals surface area contributed by atoms with Gasteiger partial charge in [0.15, 0.2) is 6.10 Å². The van der Waals surface area contributed by atoms with Gasteiger partial charge in [0.1, 0.15) is 13.2 Å². The molecule has 0 amide bonds. The van der Waals surface area contributed by atoms with Crippen molar-refractivity contribution in [3.8, 4) is 0 Å². The highest BCUT2D eigenvalue weighted by Gasteiger charge is 2.25. The lowest BCUT2D eigenvalue weighted by Gasteiger charge is -2.25. The van der Waals surface area contributed by atoms with Crippen molar-refractivity contribution in [1.82, 2.24) is 0 Å². The molecule has 0 aliphatic carbocycles. The number of rotatable bonds is 67. The molecule has 0 spiro atoms. The molecule has 85 heavy (non-hydrogen) atoms. The first-order valence-electron chi connectivity index (χ1n) is 36.1. The van der Waals surface area contributed by atoms with Crippen molar-refractivity contribution in [2.75, 3.05) is 47.5 Å². The zero-order valence-corrected chi connectivity index (χ0v) is 56.5. The van der Waals surface area contributed by atoms with E-state index in [1.165, 1.54) is 231 Å². The molecule has 9 heteroatoms. The molecule has 0 fully saturated rings. The highest BCUT2D eigenvalue weighted by atomic mass is 16.7. The van der Waals surface area contributed by atoms with Gasteiger partial charge >= 0.3 is 17.9 Å². The highest BCUT2D eigenvalue weighted by molar-refractivity contribution is 5.71. The molecule has 0 rings (SSSR count). The number of unbranched alkanes of at least 4 members (excludes halogenated alkanes) is 40. The molecule has 0 aromatic heterocycles. The fourth-order valence-corrected chi connectivity index (χ4v) is 10.5. The fraction of sp³-hybridized carbons (Fsp3) is 0.803. The van der Waals surface area contributed by atoms with Gasteiger partial charge in [0.05, 0.1) is 34.4 Å². The van der Waals surface area contributed by atoms with Crippen LogP contribution in [0.3, 0.4) is 0 Å². The second kappa shape index (κ2) is 66.7. The Hall–Kier alpha value is -3.27. The van der Waals surface area contributed by atoms with E-state index in [0.29, 0.717) is 17.4 Å². The Bertz CT molecular complexity index is 1620. The Morgan fingerprint density at radius 2 is 0.671 bits per heavy atom. The van der Waals surface area contributed by atoms with Crippen LogP contribution in [0.4, 0.5) is 0 Å². The van der Waals surface area contributed by atoms with Crippen LogP contribution >= 0.6 is 0 Å². The first-order valence-corrected chi connectivity index (χ1v) is 36.1. The van der Waals surface area contributed by atoms with E-state index in [4.69, 9.17) is 18.9 Å². The SMILES string of the molecule is CC/C=C\C/C=C\C/C=C\C/C=C\C/C=C\C/C=C\CCCCCCCCCCCCCCCCCCCCCCC(=O)OC(COC(=O)CCCCCCCCCCCCCCCCCCCCCCC)COC(OCC[N+](C)(C)C)C(=O)O. The predicted molar refractivity (Wildman–Crippen MR) is 364 cm³/mol. The monoisotopic (exact) mass is 1190 g/mol. The van der Waals surface area contributed by atoms with Gasteiger partial charge in [0.25, 0.3) is 6.29 Å². The van der Waals surface area contributed by atoms with Crippen LogP contribution in [-0.2, 0) is 33.3 Å². The molecule has 494 valence electrons. The molecule has 0 aromatic carbocycles. The largest absolute Gasteiger partial charge is 0.477 e. The number of esters is 2. The number of ether oxygens (including phenoxy) is 4. The molecule has 0 aliphatic rings. The summed E-state index contributed by atoms with van der Waals surface area (Å²) in [5.41, 5.74) is 0. The lowest BCUT2D eigenvalue weighted by molar-refractivity contribution is -0.870. The van der Waals surface area contributed by atoms with Crippen molar-refractivity contribution in [2.45, 2.75) is 347 Å². The highest BCUT2D eigenvalue weighted by Crippen LogP contribution is 2.19. The zero-order valence-electron chi connectivity index (χ0n) is 56.5. The summed E-state index contributed by atoms with van der Waals surface area (Å²) in [6.07, 6.45) is 86.0. The molecule has 0 saturated heterocycles. The standard InChI is InChI=1S/C76H137NO8/c1-6-8-10-12-14-16-18-20-22-24-26-28-29-30-31-32-33-34-35-36-37-38-39-40-41-42-43-44-45-47-49-51-53-55-57-59-61-63-65-67-74(79)85-72(71-84-76(75(80)81)82-69-68-77(3,4)5)70-83-73(78)66-64-62-60-58-56-54-52-50-48-46-27-25-23-21-19-17-15-13-11-9-7-2/h8,10,14,16,20,22,26,28,30-31,33-34,72,76H,6-7,9,11-13,15,17-19,21,23-25,27,29,32,35-71H2,1-5H3/p+1/b10-8-,16-14-,22-20-,28-26-,31-30-,34-33-. The molecule has 0 aliphatic heterocycles. The maximum atomic E-state index is 12.9. The van der Waals surface area contributed by atoms with E-state index in [9.17, 15) is 19.5 Å². The normalized spacial score (nSPS) is 13.1. The number of quaternary nitrogens is 1. The van der Waals surface area contributed by atoms with Gasteiger partial charge in [-0.2, -0.15) is 0 Å². The van der Waals surface area contributed by atoms with Gasteiger partial charge in [-0.1, -0.05) is 331 Å². The van der Waals surface area contributed by atoms with Crippen molar-refractivity contribution in [1.29, 1.82) is 0 Å². The zero-order chi connectivity index (χ0) is 61.9. The van der Waals surface area contributed by atoms with Gasteiger partial charge in [-0.15, -0.1) is 0 Å². The minimum Gasteiger partial charge on any atom is -0.477 e. The van der Waals surface area contributed by atoms with Crippen molar-refractivity contribution >= 4 is 17.9 Å². The summed E-state index contributed by atoms with van der Waals surface area (Å²) in [7, 11) is 5.99. The first kappa shape index (κ1) is 81.7. The molecule has 9 nitrogen and oxygen atoms in total. The summed E-state index contributed by atoms with van der Waals surface area (Å²) in [6, 6.07) is 0. The van der Waals surface area contributed by atoms with E-state index >= 15 is 0 Å². The smallest absolute Gasteiger partial charge is 0.361 e. The van der Waals surface area contributed by atoms with Crippen LogP contribution in [0.2, 0.25) is 0 Å². The second-order valence-corrected chi connectivity index (χ2v) is 25.5. The summed E-state index contributed by atoms with van der Waals surface area (Å²) in [6.45, 7) is 4.82. The Morgan fingerprint density at radius 3 is 1.00 bits per heavy atom. The third-order valence-electron chi connectivity index (χ3n) is 16.0. The summed E-state index contributed by atoms with van der Waals surface area (Å²) in [4.78, 5) is 37.6. The molecule has 2 unspecified atom stereocenters. The molecule has 1 N–H and O–H groups in total. The lowest BCUT2D eigenvalue weighted by Crippen LogP contribution is -2.40. The number of carboxylic acid groups (broad SMARTS) is 1. The Kier molecular flexibility index (Phi) is 64.1. The Labute approximate surface area is 526 Å². The molecule has 0 aromatic rings. The van der Waals surface area contributed by atoms with E-state index < -0.39 is 18.4 Å². The van der Waals surface area contributed by atoms with Crippen LogP contribution < -0.4 is 0 Å². The van der Waals surface area contributed by atoms with Gasteiger partial charge in [-0.05, 0) is 64.2 Å². The minimum atomic E-state index is -1.51. The van der Waals surface area contributed by atoms with Crippen LogP contribution in [0.15, 0.2) is 72.9 Å². The van der Waals surface area contributed by atoms with E-state index in [2.05, 4.69) is 86.8 Å². The van der Waals surface area contributed by atoms with Crippen LogP contribution in [0, 0.1) is 0 Å². The third-order valence-corrected chi connectivity index (χ3v) is 16.0. The number of nitrogens with zero attached hydrogens (tertiary/aromatic N) is 1. The number of hydrogen-bond acceptors (Lipinski definition) is 7. The number of carbonyl (C=O) groups is 3. The van der Waals surface area contributed by atoms with Crippen LogP contribution in [0.1, 0.15) is 335 Å². The molecular formula is C76H138NO8+. The van der Waals surface area contributed by atoms with Gasteiger partial charge in [-0.3, -0.25) is 9.59 Å². The topological polar surface area (TPSA) is 108 Å². The summed E-state index contributed by atoms with van der Waals surface area (Å²) in [5, 5.41) is 9.75. The molecule has 0 bridgehead atoms. The van der Waals surface area contributed by atoms with E-state index in [1.807, 2.05) is 21.1 Å². The van der Waals surface area contributed by atoms with Gasteiger partial charge < -0.3 is 28.5 Å². The number of likely N-dealkylation sites (N-methyl/N-ethyl adjacent to an activating group) is 1. The van der Waals surface area contributed by atoms with Crippen molar-refractivity contribution in [3.05, 3.63) is 72.9 Å². The third kappa shape index (κ3) is 68.1. The van der Waals surface area contributed by atoms with E-state index in [-0.39, 0.29) is 38.2 Å². The van der Waals surface area contributed by atoms with Crippen LogP contribution in [0.25, 0.3) is 0 Å². The second-order valence-electron chi connectivity index (χ2n) is 25.5. The van der Waals surface area contributed by atoms with Gasteiger partial charge in [-0.25, -0.2) is 4.79 Å². The molecule has 0 radical (unpaired) electrons. The molecule has 2 atom stereocenters. The lowest BCUT2D eigenvalue weighted by atomic mass is 10.0. The van der Waals surface area contributed by atoms with Crippen molar-refractivity contribution in [3.63, 3.8) is 0 Å². The Balaban J connectivity index is 4.01. The first-order chi connectivity index (χ1) is 41.6. The molecule has 0 saturated carbocycles.